The summed E-state index contributed by atoms with van der Waals surface area (Å²) in [6.45, 7) is 0.355. The molecule has 2 N–H and O–H groups in total. The topological polar surface area (TPSA) is 132 Å². The Hall–Kier alpha value is -4.96. The van der Waals surface area contributed by atoms with Crippen molar-refractivity contribution in [1.29, 1.82) is 0 Å². The van der Waals surface area contributed by atoms with Crippen LogP contribution >= 0.6 is 0 Å². The third-order valence-corrected chi connectivity index (χ3v) is 8.44. The highest BCUT2D eigenvalue weighted by molar-refractivity contribution is 5.68. The first-order valence-electron chi connectivity index (χ1n) is 18.1. The summed E-state index contributed by atoms with van der Waals surface area (Å²) in [5.41, 5.74) is 2.83. The molecule has 0 saturated heterocycles. The highest BCUT2D eigenvalue weighted by Crippen LogP contribution is 2.22. The zero-order valence-corrected chi connectivity index (χ0v) is 31.6. The Labute approximate surface area is 326 Å². The molecule has 0 radical (unpaired) electrons. The molecular formula is C42H50F2N2O10. The number of amides is 2. The van der Waals surface area contributed by atoms with Crippen molar-refractivity contribution in [2.75, 3.05) is 54.2 Å². The second-order valence-electron chi connectivity index (χ2n) is 12.6. The molecule has 0 aromatic heterocycles. The lowest BCUT2D eigenvalue weighted by molar-refractivity contribution is -0.185. The molecule has 4 aromatic rings. The highest BCUT2D eigenvalue weighted by Gasteiger charge is 2.39. The van der Waals surface area contributed by atoms with Crippen LogP contribution in [0.2, 0.25) is 0 Å². The molecule has 4 atom stereocenters. The van der Waals surface area contributed by atoms with Gasteiger partial charge in [-0.2, -0.15) is 0 Å². The molecule has 2 amide bonds. The van der Waals surface area contributed by atoms with E-state index in [-0.39, 0.29) is 66.1 Å². The smallest absolute Gasteiger partial charge is 0.407 e. The van der Waals surface area contributed by atoms with Gasteiger partial charge in [-0.25, -0.2) is 18.4 Å². The molecule has 302 valence electrons. The van der Waals surface area contributed by atoms with Crippen molar-refractivity contribution in [3.8, 4) is 0 Å². The maximum atomic E-state index is 14.0. The molecule has 12 nitrogen and oxygen atoms in total. The van der Waals surface area contributed by atoms with E-state index in [1.54, 1.807) is 24.3 Å². The third-order valence-electron chi connectivity index (χ3n) is 8.44. The van der Waals surface area contributed by atoms with E-state index in [1.807, 2.05) is 60.7 Å². The lowest BCUT2D eigenvalue weighted by Crippen LogP contribution is -2.59. The minimum absolute atomic E-state index is 0.0170. The maximum Gasteiger partial charge on any atom is 0.407 e. The Morgan fingerprint density at radius 1 is 0.518 bits per heavy atom. The number of halogens is 2. The predicted molar refractivity (Wildman–Crippen MR) is 202 cm³/mol. The first kappa shape index (κ1) is 43.8. The number of hydrogen-bond acceptors (Lipinski definition) is 10. The Balaban J connectivity index is 1.72. The maximum absolute atomic E-state index is 14.0. The number of ether oxygens (including phenoxy) is 8. The predicted octanol–water partition coefficient (Wildman–Crippen LogP) is 6.35. The first-order valence-corrected chi connectivity index (χ1v) is 18.1. The van der Waals surface area contributed by atoms with E-state index in [1.165, 1.54) is 38.5 Å². The number of carbonyl (C=O) groups excluding carboxylic acids is 2. The second kappa shape index (κ2) is 25.2. The van der Waals surface area contributed by atoms with Crippen LogP contribution in [0.1, 0.15) is 22.3 Å². The Morgan fingerprint density at radius 3 is 1.25 bits per heavy atom. The van der Waals surface area contributed by atoms with Gasteiger partial charge in [-0.1, -0.05) is 84.9 Å². The van der Waals surface area contributed by atoms with Crippen LogP contribution in [0.4, 0.5) is 18.4 Å². The van der Waals surface area contributed by atoms with Gasteiger partial charge in [-0.05, 0) is 59.4 Å². The molecular weight excluding hydrogens is 730 g/mol. The number of benzene rings is 4. The van der Waals surface area contributed by atoms with E-state index < -0.39 is 48.1 Å². The number of methoxy groups -OCH3 is 2. The summed E-state index contributed by atoms with van der Waals surface area (Å²) < 4.78 is 73.9. The number of hydrogen-bond donors (Lipinski definition) is 2. The molecule has 14 heteroatoms. The van der Waals surface area contributed by atoms with Gasteiger partial charge < -0.3 is 48.5 Å². The van der Waals surface area contributed by atoms with E-state index in [4.69, 9.17) is 37.9 Å². The van der Waals surface area contributed by atoms with Gasteiger partial charge in [0.25, 0.3) is 0 Å². The van der Waals surface area contributed by atoms with Crippen LogP contribution in [0.15, 0.2) is 109 Å². The first-order chi connectivity index (χ1) is 27.3. The number of rotatable bonds is 25. The van der Waals surface area contributed by atoms with Crippen molar-refractivity contribution >= 4 is 12.2 Å². The summed E-state index contributed by atoms with van der Waals surface area (Å²) in [5.74, 6) is -0.876. The fourth-order valence-electron chi connectivity index (χ4n) is 5.62. The minimum atomic E-state index is -1.10. The van der Waals surface area contributed by atoms with Gasteiger partial charge in [0, 0.05) is 14.2 Å². The van der Waals surface area contributed by atoms with Gasteiger partial charge in [0.2, 0.25) is 0 Å². The van der Waals surface area contributed by atoms with Gasteiger partial charge in [-0.15, -0.1) is 0 Å². The lowest BCUT2D eigenvalue weighted by atomic mass is 9.90. The van der Waals surface area contributed by atoms with Crippen LogP contribution < -0.4 is 10.6 Å². The Morgan fingerprint density at radius 2 is 0.893 bits per heavy atom. The largest absolute Gasteiger partial charge is 0.445 e. The summed E-state index contributed by atoms with van der Waals surface area (Å²) in [5, 5.41) is 5.85. The molecule has 0 aliphatic heterocycles. The van der Waals surface area contributed by atoms with E-state index in [0.717, 1.165) is 11.1 Å². The van der Waals surface area contributed by atoms with Gasteiger partial charge >= 0.3 is 12.2 Å². The fraction of sp³-hybridized carbons (Fsp3) is 0.381. The van der Waals surface area contributed by atoms with Crippen LogP contribution in [-0.2, 0) is 64.0 Å². The molecule has 0 heterocycles. The van der Waals surface area contributed by atoms with E-state index in [0.29, 0.717) is 11.1 Å². The molecule has 4 rings (SSSR count). The fourth-order valence-corrected chi connectivity index (χ4v) is 5.62. The average Bonchev–Trinajstić information content (AvgIpc) is 3.21. The standard InChI is InChI=1S/C42H50F2N2O10/c1-49-21-23-51-29-55-39(37(25-31-13-17-35(43)18-14-31)45-41(47)53-27-33-9-5-3-6-10-33)40(56-30-52-24-22-50-2)38(26-32-15-19-36(44)20-16-32)46-42(48)54-28-34-11-7-4-8-12-34/h3-20,37-40H,21-30H2,1-2H3,(H,45,47)(H,46,48). The zero-order chi connectivity index (χ0) is 39.8. The van der Waals surface area contributed by atoms with Crippen LogP contribution in [0, 0.1) is 11.6 Å². The van der Waals surface area contributed by atoms with Crippen LogP contribution in [0.3, 0.4) is 0 Å². The molecule has 0 saturated carbocycles. The Kier molecular flexibility index (Phi) is 19.7. The average molecular weight is 781 g/mol. The van der Waals surface area contributed by atoms with Crippen molar-refractivity contribution in [1.82, 2.24) is 10.6 Å². The van der Waals surface area contributed by atoms with E-state index in [2.05, 4.69) is 10.6 Å². The molecule has 0 bridgehead atoms. The molecule has 0 spiro atoms. The monoisotopic (exact) mass is 780 g/mol. The van der Waals surface area contributed by atoms with E-state index in [9.17, 15) is 18.4 Å². The number of nitrogens with one attached hydrogen (secondary N) is 2. The van der Waals surface area contributed by atoms with Crippen LogP contribution in [0.5, 0.6) is 0 Å². The van der Waals surface area contributed by atoms with Crippen molar-refractivity contribution in [3.63, 3.8) is 0 Å². The molecule has 56 heavy (non-hydrogen) atoms. The minimum Gasteiger partial charge on any atom is -0.445 e. The van der Waals surface area contributed by atoms with E-state index >= 15 is 0 Å². The Bertz CT molecular complexity index is 1550. The summed E-state index contributed by atoms with van der Waals surface area (Å²) in [7, 11) is 3.07. The summed E-state index contributed by atoms with van der Waals surface area (Å²) >= 11 is 0. The lowest BCUT2D eigenvalue weighted by Gasteiger charge is -2.38. The SMILES string of the molecule is COCCOCOC(C(Cc1ccc(F)cc1)NC(=O)OCc1ccccc1)C(OCOCCOC)C(Cc1ccc(F)cc1)NC(=O)OCc1ccccc1. The summed E-state index contributed by atoms with van der Waals surface area (Å²) in [6.07, 6.45) is -3.52. The van der Waals surface area contributed by atoms with Gasteiger partial charge in [0.05, 0.1) is 38.5 Å². The molecule has 4 unspecified atom stereocenters. The van der Waals surface area contributed by atoms with Crippen LogP contribution in [-0.4, -0.2) is 90.7 Å². The van der Waals surface area contributed by atoms with Crippen LogP contribution in [0.25, 0.3) is 0 Å². The van der Waals surface area contributed by atoms with Crippen molar-refractivity contribution in [2.45, 2.75) is 50.3 Å². The normalized spacial score (nSPS) is 13.3. The quantitative estimate of drug-likeness (QED) is 0.0580. The second-order valence-corrected chi connectivity index (χ2v) is 12.6. The molecule has 0 aliphatic carbocycles. The third kappa shape index (κ3) is 16.4. The molecule has 0 fully saturated rings. The van der Waals surface area contributed by atoms with Crippen molar-refractivity contribution < 1.29 is 56.3 Å². The zero-order valence-electron chi connectivity index (χ0n) is 31.6. The molecule has 0 aliphatic rings. The van der Waals surface area contributed by atoms with Crippen molar-refractivity contribution in [3.05, 3.63) is 143 Å². The highest BCUT2D eigenvalue weighted by atomic mass is 19.1. The van der Waals surface area contributed by atoms with Gasteiger partial charge in [0.1, 0.15) is 50.6 Å². The van der Waals surface area contributed by atoms with Crippen molar-refractivity contribution in [2.24, 2.45) is 0 Å². The summed E-state index contributed by atoms with van der Waals surface area (Å²) in [4.78, 5) is 27.1. The molecule has 4 aromatic carbocycles. The number of alkyl carbamates (subject to hydrolysis) is 2. The van der Waals surface area contributed by atoms with Gasteiger partial charge in [-0.3, -0.25) is 0 Å². The van der Waals surface area contributed by atoms with Gasteiger partial charge in [0.15, 0.2) is 0 Å². The number of carbonyl (C=O) groups is 2. The summed E-state index contributed by atoms with van der Waals surface area (Å²) in [6, 6.07) is 28.0.